The summed E-state index contributed by atoms with van der Waals surface area (Å²) in [6.07, 6.45) is 5.26. The number of rotatable bonds is 3. The first-order valence-corrected chi connectivity index (χ1v) is 8.00. The van der Waals surface area contributed by atoms with Crippen LogP contribution in [0.5, 0.6) is 0 Å². The molecule has 23 heavy (non-hydrogen) atoms. The molecule has 7 heteroatoms. The van der Waals surface area contributed by atoms with Crippen LogP contribution in [-0.2, 0) is 27.9 Å². The summed E-state index contributed by atoms with van der Waals surface area (Å²) in [5.74, 6) is 0.0171. The van der Waals surface area contributed by atoms with Gasteiger partial charge in [0.25, 0.3) is 0 Å². The molecular formula is C16H22N4O3. The molecule has 0 bridgehead atoms. The molecule has 0 aliphatic carbocycles. The zero-order valence-corrected chi connectivity index (χ0v) is 13.3. The normalized spacial score (nSPS) is 21.4. The number of nitrogens with zero attached hydrogens (tertiary/aromatic N) is 3. The molecule has 0 spiro atoms. The first kappa shape index (κ1) is 15.6. The number of aromatic nitrogens is 1. The van der Waals surface area contributed by atoms with Crippen molar-refractivity contribution in [3.05, 3.63) is 24.0 Å². The molecule has 2 aliphatic rings. The van der Waals surface area contributed by atoms with Crippen LogP contribution in [-0.4, -0.2) is 64.3 Å². The van der Waals surface area contributed by atoms with Gasteiger partial charge in [-0.3, -0.25) is 14.4 Å². The number of hydrogen-bond donors (Lipinski definition) is 1. The maximum absolute atomic E-state index is 12.3. The molecule has 0 radical (unpaired) electrons. The SMILES string of the molecule is Cn1ccc(CC(=O)N2CCN(C(=O)C3CCC(=O)N3)CC2)c1. The molecule has 1 N–H and O–H groups in total. The third kappa shape index (κ3) is 3.55. The van der Waals surface area contributed by atoms with Gasteiger partial charge >= 0.3 is 0 Å². The van der Waals surface area contributed by atoms with Gasteiger partial charge in [0.15, 0.2) is 0 Å². The molecule has 7 nitrogen and oxygen atoms in total. The van der Waals surface area contributed by atoms with Crippen LogP contribution in [0, 0.1) is 0 Å². The second-order valence-corrected chi connectivity index (χ2v) is 6.23. The first-order chi connectivity index (χ1) is 11.0. The summed E-state index contributed by atoms with van der Waals surface area (Å²) in [6.45, 7) is 2.17. The van der Waals surface area contributed by atoms with Crippen LogP contribution < -0.4 is 5.32 Å². The van der Waals surface area contributed by atoms with Crippen molar-refractivity contribution in [1.82, 2.24) is 19.7 Å². The smallest absolute Gasteiger partial charge is 0.245 e. The van der Waals surface area contributed by atoms with Crippen LogP contribution in [0.1, 0.15) is 18.4 Å². The van der Waals surface area contributed by atoms with E-state index in [1.807, 2.05) is 35.0 Å². The van der Waals surface area contributed by atoms with E-state index < -0.39 is 0 Å². The Morgan fingerprint density at radius 1 is 1.22 bits per heavy atom. The van der Waals surface area contributed by atoms with Gasteiger partial charge in [-0.2, -0.15) is 0 Å². The number of piperazine rings is 1. The number of aryl methyl sites for hydroxylation is 1. The summed E-state index contributed by atoms with van der Waals surface area (Å²) in [6, 6.07) is 1.56. The zero-order valence-electron chi connectivity index (χ0n) is 13.3. The summed E-state index contributed by atoms with van der Waals surface area (Å²) in [7, 11) is 1.93. The van der Waals surface area contributed by atoms with Crippen molar-refractivity contribution in [1.29, 1.82) is 0 Å². The van der Waals surface area contributed by atoms with Crippen molar-refractivity contribution < 1.29 is 14.4 Å². The van der Waals surface area contributed by atoms with Gasteiger partial charge < -0.3 is 19.7 Å². The standard InChI is InChI=1S/C16H22N4O3/c1-18-5-4-12(11-18)10-15(22)19-6-8-20(9-7-19)16(23)13-2-3-14(21)17-13/h4-5,11,13H,2-3,6-10H2,1H3,(H,17,21). The van der Waals surface area contributed by atoms with Gasteiger partial charge in [-0.25, -0.2) is 0 Å². The lowest BCUT2D eigenvalue weighted by molar-refractivity contribution is -0.140. The quantitative estimate of drug-likeness (QED) is 0.818. The van der Waals surface area contributed by atoms with Gasteiger partial charge in [-0.15, -0.1) is 0 Å². The zero-order chi connectivity index (χ0) is 16.4. The third-order valence-electron chi connectivity index (χ3n) is 4.49. The molecule has 0 aromatic carbocycles. The minimum Gasteiger partial charge on any atom is -0.357 e. The van der Waals surface area contributed by atoms with Gasteiger partial charge in [0.05, 0.1) is 6.42 Å². The molecule has 3 heterocycles. The molecule has 1 aromatic heterocycles. The highest BCUT2D eigenvalue weighted by atomic mass is 16.2. The van der Waals surface area contributed by atoms with E-state index in [2.05, 4.69) is 5.32 Å². The number of nitrogens with one attached hydrogen (secondary N) is 1. The maximum Gasteiger partial charge on any atom is 0.245 e. The Labute approximate surface area is 135 Å². The molecule has 2 fully saturated rings. The second-order valence-electron chi connectivity index (χ2n) is 6.23. The predicted octanol–water partition coefficient (Wildman–Crippen LogP) is -0.483. The van der Waals surface area contributed by atoms with Crippen molar-refractivity contribution in [3.63, 3.8) is 0 Å². The van der Waals surface area contributed by atoms with Crippen LogP contribution in [0.3, 0.4) is 0 Å². The first-order valence-electron chi connectivity index (χ1n) is 8.00. The van der Waals surface area contributed by atoms with E-state index in [-0.39, 0.29) is 23.8 Å². The highest BCUT2D eigenvalue weighted by Crippen LogP contribution is 2.13. The average molecular weight is 318 g/mol. The van der Waals surface area contributed by atoms with Crippen LogP contribution in [0.15, 0.2) is 18.5 Å². The Balaban J connectivity index is 1.49. The van der Waals surface area contributed by atoms with Crippen LogP contribution in [0.25, 0.3) is 0 Å². The Morgan fingerprint density at radius 3 is 2.48 bits per heavy atom. The number of carbonyl (C=O) groups is 3. The molecule has 0 saturated carbocycles. The Morgan fingerprint density at radius 2 is 1.91 bits per heavy atom. The van der Waals surface area contributed by atoms with E-state index in [0.29, 0.717) is 45.4 Å². The van der Waals surface area contributed by atoms with Crippen LogP contribution in [0.4, 0.5) is 0 Å². The van der Waals surface area contributed by atoms with Gasteiger partial charge in [0.1, 0.15) is 6.04 Å². The average Bonchev–Trinajstić information content (AvgIpc) is 3.15. The monoisotopic (exact) mass is 318 g/mol. The lowest BCUT2D eigenvalue weighted by Crippen LogP contribution is -2.54. The Kier molecular flexibility index (Phi) is 4.36. The van der Waals surface area contributed by atoms with Gasteiger partial charge in [0.2, 0.25) is 17.7 Å². The van der Waals surface area contributed by atoms with Crippen molar-refractivity contribution >= 4 is 17.7 Å². The van der Waals surface area contributed by atoms with E-state index in [9.17, 15) is 14.4 Å². The highest BCUT2D eigenvalue weighted by molar-refractivity contribution is 5.91. The van der Waals surface area contributed by atoms with Crippen LogP contribution in [0.2, 0.25) is 0 Å². The number of carbonyl (C=O) groups excluding carboxylic acids is 3. The van der Waals surface area contributed by atoms with E-state index in [0.717, 1.165) is 5.56 Å². The summed E-state index contributed by atoms with van der Waals surface area (Å²) >= 11 is 0. The molecule has 3 rings (SSSR count). The fraction of sp³-hybridized carbons (Fsp3) is 0.562. The Bertz CT molecular complexity index is 617. The molecule has 2 saturated heterocycles. The van der Waals surface area contributed by atoms with Crippen molar-refractivity contribution in [2.24, 2.45) is 7.05 Å². The predicted molar refractivity (Wildman–Crippen MR) is 83.4 cm³/mol. The van der Waals surface area contributed by atoms with E-state index >= 15 is 0 Å². The van der Waals surface area contributed by atoms with Gasteiger partial charge in [-0.05, 0) is 18.1 Å². The molecule has 124 valence electrons. The fourth-order valence-electron chi connectivity index (χ4n) is 3.15. The molecule has 2 aliphatic heterocycles. The Hall–Kier alpha value is -2.31. The van der Waals surface area contributed by atoms with E-state index in [1.165, 1.54) is 0 Å². The fourth-order valence-corrected chi connectivity index (χ4v) is 3.15. The van der Waals surface area contributed by atoms with Gasteiger partial charge in [-0.1, -0.05) is 0 Å². The summed E-state index contributed by atoms with van der Waals surface area (Å²) in [5.41, 5.74) is 1.00. The minimum absolute atomic E-state index is 0.0222. The van der Waals surface area contributed by atoms with E-state index in [1.54, 1.807) is 4.90 Å². The molecular weight excluding hydrogens is 296 g/mol. The molecule has 1 unspecified atom stereocenters. The molecule has 1 atom stereocenters. The summed E-state index contributed by atoms with van der Waals surface area (Å²) in [5, 5.41) is 2.71. The van der Waals surface area contributed by atoms with Crippen LogP contribution >= 0.6 is 0 Å². The number of amides is 3. The van der Waals surface area contributed by atoms with E-state index in [4.69, 9.17) is 0 Å². The highest BCUT2D eigenvalue weighted by Gasteiger charge is 2.32. The van der Waals surface area contributed by atoms with Crippen molar-refractivity contribution in [2.45, 2.75) is 25.3 Å². The second kappa shape index (κ2) is 6.44. The number of hydrogen-bond acceptors (Lipinski definition) is 3. The van der Waals surface area contributed by atoms with Gasteiger partial charge in [0, 0.05) is 52.0 Å². The maximum atomic E-state index is 12.3. The topological polar surface area (TPSA) is 74.7 Å². The summed E-state index contributed by atoms with van der Waals surface area (Å²) in [4.78, 5) is 39.4. The van der Waals surface area contributed by atoms with Crippen molar-refractivity contribution in [2.75, 3.05) is 26.2 Å². The summed E-state index contributed by atoms with van der Waals surface area (Å²) < 4.78 is 1.93. The third-order valence-corrected chi connectivity index (χ3v) is 4.49. The minimum atomic E-state index is -0.380. The largest absolute Gasteiger partial charge is 0.357 e. The lowest BCUT2D eigenvalue weighted by Gasteiger charge is -2.36. The van der Waals surface area contributed by atoms with Crippen molar-refractivity contribution in [3.8, 4) is 0 Å². The lowest BCUT2D eigenvalue weighted by atomic mass is 10.1. The molecule has 3 amide bonds. The molecule has 1 aromatic rings.